The molecule has 2 bridgehead atoms. The molecule has 0 heterocycles. The van der Waals surface area contributed by atoms with Crippen LogP contribution in [0.3, 0.4) is 0 Å². The molecule has 1 aromatic carbocycles. The van der Waals surface area contributed by atoms with Crippen molar-refractivity contribution in [3.63, 3.8) is 0 Å². The fourth-order valence-corrected chi connectivity index (χ4v) is 3.74. The molecule has 92 valence electrons. The minimum atomic E-state index is 0.568. The zero-order valence-electron chi connectivity index (χ0n) is 10.6. The maximum atomic E-state index is 5.69. The molecule has 0 aliphatic heterocycles. The van der Waals surface area contributed by atoms with Crippen molar-refractivity contribution in [3.8, 4) is 0 Å². The van der Waals surface area contributed by atoms with Crippen LogP contribution in [0.5, 0.6) is 0 Å². The van der Waals surface area contributed by atoms with E-state index in [4.69, 9.17) is 5.73 Å². The van der Waals surface area contributed by atoms with Crippen molar-refractivity contribution in [1.29, 1.82) is 0 Å². The Morgan fingerprint density at radius 2 is 2.12 bits per heavy atom. The Hall–Kier alpha value is -1.02. The Kier molecular flexibility index (Phi) is 2.62. The van der Waals surface area contributed by atoms with Crippen LogP contribution in [-0.2, 0) is 6.54 Å². The topological polar surface area (TPSA) is 38.0 Å². The third kappa shape index (κ3) is 2.06. The minimum Gasteiger partial charge on any atom is -0.399 e. The number of hydrogen-bond donors (Lipinski definition) is 2. The lowest BCUT2D eigenvalue weighted by Crippen LogP contribution is -2.39. The van der Waals surface area contributed by atoms with Crippen LogP contribution in [0.25, 0.3) is 0 Å². The quantitative estimate of drug-likeness (QED) is 0.783. The molecular weight excluding hydrogens is 208 g/mol. The molecule has 2 heteroatoms. The smallest absolute Gasteiger partial charge is 0.0314 e. The molecule has 0 amide bonds. The summed E-state index contributed by atoms with van der Waals surface area (Å²) in [7, 11) is 0. The molecule has 0 radical (unpaired) electrons. The second kappa shape index (κ2) is 4.02. The monoisotopic (exact) mass is 230 g/mol. The summed E-state index contributed by atoms with van der Waals surface area (Å²) in [5.74, 6) is 0.990. The van der Waals surface area contributed by atoms with Crippen molar-refractivity contribution in [2.24, 2.45) is 11.3 Å². The van der Waals surface area contributed by atoms with Crippen molar-refractivity contribution in [2.75, 3.05) is 5.73 Å². The van der Waals surface area contributed by atoms with Crippen LogP contribution in [-0.4, -0.2) is 6.04 Å². The fourth-order valence-electron chi connectivity index (χ4n) is 3.74. The Morgan fingerprint density at radius 1 is 1.35 bits per heavy atom. The van der Waals surface area contributed by atoms with E-state index in [2.05, 4.69) is 24.4 Å². The van der Waals surface area contributed by atoms with Crippen molar-refractivity contribution >= 4 is 5.69 Å². The molecule has 2 nitrogen and oxygen atoms in total. The maximum absolute atomic E-state index is 5.69. The Labute approximate surface area is 104 Å². The number of rotatable bonds is 3. The van der Waals surface area contributed by atoms with Crippen molar-refractivity contribution in [1.82, 2.24) is 5.32 Å². The lowest BCUT2D eigenvalue weighted by atomic mass is 9.82. The lowest BCUT2D eigenvalue weighted by molar-refractivity contribution is 0.236. The van der Waals surface area contributed by atoms with E-state index in [1.807, 2.05) is 12.1 Å². The van der Waals surface area contributed by atoms with Gasteiger partial charge in [-0.05, 0) is 54.7 Å². The van der Waals surface area contributed by atoms with Gasteiger partial charge in [0.1, 0.15) is 0 Å². The van der Waals surface area contributed by atoms with E-state index in [-0.39, 0.29) is 0 Å². The summed E-state index contributed by atoms with van der Waals surface area (Å²) >= 11 is 0. The van der Waals surface area contributed by atoms with Gasteiger partial charge in [-0.25, -0.2) is 0 Å². The summed E-state index contributed by atoms with van der Waals surface area (Å²) in [5.41, 5.74) is 8.45. The normalized spacial score (nSPS) is 35.4. The van der Waals surface area contributed by atoms with E-state index < -0.39 is 0 Å². The van der Waals surface area contributed by atoms with Crippen LogP contribution in [0.15, 0.2) is 24.3 Å². The zero-order chi connectivity index (χ0) is 11.9. The van der Waals surface area contributed by atoms with Crippen molar-refractivity contribution < 1.29 is 0 Å². The number of hydrogen-bond acceptors (Lipinski definition) is 2. The minimum absolute atomic E-state index is 0.568. The first-order chi connectivity index (χ1) is 8.16. The molecule has 2 fully saturated rings. The van der Waals surface area contributed by atoms with Crippen LogP contribution in [0.2, 0.25) is 0 Å². The highest BCUT2D eigenvalue weighted by Gasteiger charge is 2.48. The van der Waals surface area contributed by atoms with E-state index in [0.29, 0.717) is 5.41 Å². The Morgan fingerprint density at radius 3 is 2.71 bits per heavy atom. The van der Waals surface area contributed by atoms with Gasteiger partial charge in [0.15, 0.2) is 0 Å². The molecule has 0 aromatic heterocycles. The molecule has 2 aliphatic carbocycles. The van der Waals surface area contributed by atoms with Crippen molar-refractivity contribution in [3.05, 3.63) is 29.8 Å². The number of nitrogens with one attached hydrogen (secondary N) is 1. The van der Waals surface area contributed by atoms with Gasteiger partial charge in [-0.1, -0.05) is 19.1 Å². The van der Waals surface area contributed by atoms with Crippen LogP contribution in [0.4, 0.5) is 5.69 Å². The summed E-state index contributed by atoms with van der Waals surface area (Å²) < 4.78 is 0. The third-order valence-electron chi connectivity index (χ3n) is 4.82. The van der Waals surface area contributed by atoms with Crippen LogP contribution >= 0.6 is 0 Å². The zero-order valence-corrected chi connectivity index (χ0v) is 10.6. The van der Waals surface area contributed by atoms with Gasteiger partial charge in [-0.15, -0.1) is 0 Å². The second-order valence-electron chi connectivity index (χ2n) is 6.17. The molecule has 2 saturated carbocycles. The SMILES string of the molecule is CC12CCC(CC1NCc1ccc(N)cc1)C2. The average molecular weight is 230 g/mol. The van der Waals surface area contributed by atoms with Gasteiger partial charge in [0.25, 0.3) is 0 Å². The summed E-state index contributed by atoms with van der Waals surface area (Å²) in [5, 5.41) is 3.75. The van der Waals surface area contributed by atoms with Gasteiger partial charge in [0.2, 0.25) is 0 Å². The summed E-state index contributed by atoms with van der Waals surface area (Å²) in [6.07, 6.45) is 5.69. The third-order valence-corrected chi connectivity index (χ3v) is 4.82. The predicted octanol–water partition coefficient (Wildman–Crippen LogP) is 2.94. The molecule has 3 rings (SSSR count). The maximum Gasteiger partial charge on any atom is 0.0314 e. The fraction of sp³-hybridized carbons (Fsp3) is 0.600. The average Bonchev–Trinajstić information content (AvgIpc) is 2.83. The van der Waals surface area contributed by atoms with Crippen molar-refractivity contribution in [2.45, 2.75) is 45.2 Å². The highest BCUT2D eigenvalue weighted by molar-refractivity contribution is 5.39. The largest absolute Gasteiger partial charge is 0.399 e. The van der Waals surface area contributed by atoms with Gasteiger partial charge in [0, 0.05) is 18.3 Å². The molecule has 2 aliphatic rings. The number of fused-ring (bicyclic) bond motifs is 2. The standard InChI is InChI=1S/C15H22N2/c1-15-7-6-12(9-15)8-14(15)17-10-11-2-4-13(16)5-3-11/h2-5,12,14,17H,6-10,16H2,1H3. The summed E-state index contributed by atoms with van der Waals surface area (Å²) in [4.78, 5) is 0. The molecule has 17 heavy (non-hydrogen) atoms. The first-order valence-corrected chi connectivity index (χ1v) is 6.73. The van der Waals surface area contributed by atoms with Gasteiger partial charge in [0.05, 0.1) is 0 Å². The first kappa shape index (κ1) is 11.1. The number of nitrogen functional groups attached to an aromatic ring is 1. The van der Waals surface area contributed by atoms with Gasteiger partial charge in [-0.3, -0.25) is 0 Å². The first-order valence-electron chi connectivity index (χ1n) is 6.73. The molecule has 1 aromatic rings. The summed E-state index contributed by atoms with van der Waals surface area (Å²) in [6.45, 7) is 3.44. The van der Waals surface area contributed by atoms with Crippen LogP contribution < -0.4 is 11.1 Å². The Balaban J connectivity index is 1.60. The molecule has 3 unspecified atom stereocenters. The van der Waals surface area contributed by atoms with Gasteiger partial charge in [-0.2, -0.15) is 0 Å². The highest BCUT2D eigenvalue weighted by Crippen LogP contribution is 2.53. The van der Waals surface area contributed by atoms with E-state index in [1.165, 1.54) is 31.2 Å². The second-order valence-corrected chi connectivity index (χ2v) is 6.17. The van der Waals surface area contributed by atoms with E-state index in [0.717, 1.165) is 24.2 Å². The van der Waals surface area contributed by atoms with Gasteiger partial charge >= 0.3 is 0 Å². The predicted molar refractivity (Wildman–Crippen MR) is 71.5 cm³/mol. The molecule has 3 N–H and O–H groups in total. The van der Waals surface area contributed by atoms with E-state index >= 15 is 0 Å². The van der Waals surface area contributed by atoms with Crippen LogP contribution in [0, 0.1) is 11.3 Å². The number of anilines is 1. The molecule has 0 spiro atoms. The van der Waals surface area contributed by atoms with Gasteiger partial charge < -0.3 is 11.1 Å². The number of nitrogens with two attached hydrogens (primary N) is 1. The molecule has 3 atom stereocenters. The summed E-state index contributed by atoms with van der Waals surface area (Å²) in [6, 6.07) is 8.94. The van der Waals surface area contributed by atoms with E-state index in [9.17, 15) is 0 Å². The van der Waals surface area contributed by atoms with E-state index in [1.54, 1.807) is 0 Å². The molecule has 0 saturated heterocycles. The molecular formula is C15H22N2. The highest BCUT2D eigenvalue weighted by atomic mass is 14.9. The Bertz CT molecular complexity index is 398. The number of benzene rings is 1. The lowest BCUT2D eigenvalue weighted by Gasteiger charge is -2.32. The van der Waals surface area contributed by atoms with Crippen LogP contribution in [0.1, 0.15) is 38.2 Å².